The van der Waals surface area contributed by atoms with Gasteiger partial charge in [-0.2, -0.15) is 0 Å². The maximum atomic E-state index is 13.1. The molecule has 6 nitrogen and oxygen atoms in total. The molecule has 0 saturated carbocycles. The van der Waals surface area contributed by atoms with Crippen molar-refractivity contribution in [2.45, 2.75) is 0 Å². The molecule has 0 atom stereocenters. The summed E-state index contributed by atoms with van der Waals surface area (Å²) in [5.41, 5.74) is 1.53. The van der Waals surface area contributed by atoms with E-state index in [0.29, 0.717) is 37.6 Å². The Labute approximate surface area is 172 Å². The monoisotopic (exact) mass is 410 g/mol. The number of piperazine rings is 1. The predicted molar refractivity (Wildman–Crippen MR) is 108 cm³/mol. The van der Waals surface area contributed by atoms with Crippen molar-refractivity contribution in [1.82, 2.24) is 14.9 Å². The van der Waals surface area contributed by atoms with Gasteiger partial charge < -0.3 is 14.5 Å². The fraction of sp³-hybridized carbons (Fsp3) is 0.227. The molecule has 1 aliphatic rings. The van der Waals surface area contributed by atoms with Gasteiger partial charge in [0.1, 0.15) is 29.5 Å². The molecule has 1 saturated heterocycles. The van der Waals surface area contributed by atoms with Crippen molar-refractivity contribution in [3.63, 3.8) is 0 Å². The highest BCUT2D eigenvalue weighted by molar-refractivity contribution is 5.78. The number of amides is 1. The predicted octanol–water partition coefficient (Wildman–Crippen LogP) is 3.15. The summed E-state index contributed by atoms with van der Waals surface area (Å²) < 4.78 is 31.5. The Morgan fingerprint density at radius 1 is 0.900 bits per heavy atom. The third kappa shape index (κ3) is 4.71. The second-order valence-corrected chi connectivity index (χ2v) is 6.88. The van der Waals surface area contributed by atoms with Crippen molar-refractivity contribution in [2.75, 3.05) is 37.7 Å². The van der Waals surface area contributed by atoms with Crippen LogP contribution in [0.3, 0.4) is 0 Å². The molecule has 0 bridgehead atoms. The number of anilines is 1. The zero-order chi connectivity index (χ0) is 20.9. The summed E-state index contributed by atoms with van der Waals surface area (Å²) >= 11 is 0. The fourth-order valence-corrected chi connectivity index (χ4v) is 3.25. The summed E-state index contributed by atoms with van der Waals surface area (Å²) in [6.07, 6.45) is 1.49. The average molecular weight is 410 g/mol. The minimum absolute atomic E-state index is 0.0894. The first-order valence-electron chi connectivity index (χ1n) is 9.57. The molecule has 1 aliphatic heterocycles. The van der Waals surface area contributed by atoms with Crippen molar-refractivity contribution in [1.29, 1.82) is 0 Å². The minimum Gasteiger partial charge on any atom is -0.484 e. The first kappa shape index (κ1) is 19.8. The van der Waals surface area contributed by atoms with Crippen LogP contribution in [0.1, 0.15) is 0 Å². The molecule has 8 heteroatoms. The highest BCUT2D eigenvalue weighted by Gasteiger charge is 2.22. The zero-order valence-electron chi connectivity index (χ0n) is 16.2. The number of benzene rings is 2. The van der Waals surface area contributed by atoms with Crippen LogP contribution in [0, 0.1) is 11.6 Å². The van der Waals surface area contributed by atoms with Gasteiger partial charge in [0.05, 0.1) is 5.69 Å². The maximum Gasteiger partial charge on any atom is 0.260 e. The summed E-state index contributed by atoms with van der Waals surface area (Å²) in [7, 11) is 0. The van der Waals surface area contributed by atoms with Gasteiger partial charge in [-0.15, -0.1) is 0 Å². The van der Waals surface area contributed by atoms with E-state index >= 15 is 0 Å². The van der Waals surface area contributed by atoms with E-state index in [4.69, 9.17) is 4.74 Å². The zero-order valence-corrected chi connectivity index (χ0v) is 16.2. The van der Waals surface area contributed by atoms with E-state index in [2.05, 4.69) is 14.9 Å². The van der Waals surface area contributed by atoms with E-state index in [1.807, 2.05) is 6.07 Å². The summed E-state index contributed by atoms with van der Waals surface area (Å²) in [5.74, 6) is 0.458. The normalized spacial score (nSPS) is 13.9. The van der Waals surface area contributed by atoms with Gasteiger partial charge in [0.25, 0.3) is 5.91 Å². The Morgan fingerprint density at radius 3 is 2.20 bits per heavy atom. The van der Waals surface area contributed by atoms with E-state index in [9.17, 15) is 13.6 Å². The molecule has 0 spiro atoms. The Bertz CT molecular complexity index is 1000. The van der Waals surface area contributed by atoms with Crippen LogP contribution in [0.5, 0.6) is 5.75 Å². The van der Waals surface area contributed by atoms with Crippen LogP contribution in [0.2, 0.25) is 0 Å². The molecule has 0 N–H and O–H groups in total. The van der Waals surface area contributed by atoms with Crippen molar-refractivity contribution in [3.05, 3.63) is 72.6 Å². The Morgan fingerprint density at radius 2 is 1.53 bits per heavy atom. The van der Waals surface area contributed by atoms with E-state index in [1.165, 1.54) is 42.7 Å². The van der Waals surface area contributed by atoms with Crippen LogP contribution < -0.4 is 9.64 Å². The number of ether oxygens (including phenoxy) is 1. The SMILES string of the molecule is O=C(COc1ccc(F)cc1)N1CCN(c2cc(-c3ccc(F)cc3)ncn2)CC1. The van der Waals surface area contributed by atoms with Gasteiger partial charge in [-0.3, -0.25) is 4.79 Å². The van der Waals surface area contributed by atoms with Crippen molar-refractivity contribution >= 4 is 11.7 Å². The number of hydrogen-bond donors (Lipinski definition) is 0. The number of nitrogens with zero attached hydrogens (tertiary/aromatic N) is 4. The molecule has 154 valence electrons. The van der Waals surface area contributed by atoms with Crippen LogP contribution in [0.4, 0.5) is 14.6 Å². The van der Waals surface area contributed by atoms with Crippen molar-refractivity contribution in [2.24, 2.45) is 0 Å². The van der Waals surface area contributed by atoms with E-state index in [1.54, 1.807) is 17.0 Å². The quantitative estimate of drug-likeness (QED) is 0.647. The topological polar surface area (TPSA) is 58.6 Å². The summed E-state index contributed by atoms with van der Waals surface area (Å²) in [5, 5.41) is 0. The molecule has 0 radical (unpaired) electrons. The lowest BCUT2D eigenvalue weighted by molar-refractivity contribution is -0.133. The van der Waals surface area contributed by atoms with Crippen LogP contribution in [0.25, 0.3) is 11.3 Å². The molecule has 0 aliphatic carbocycles. The molecule has 1 amide bonds. The largest absolute Gasteiger partial charge is 0.484 e. The first-order valence-corrected chi connectivity index (χ1v) is 9.57. The molecule has 1 aromatic heterocycles. The molecule has 2 heterocycles. The second kappa shape index (κ2) is 8.86. The molecule has 30 heavy (non-hydrogen) atoms. The smallest absolute Gasteiger partial charge is 0.260 e. The Kier molecular flexibility index (Phi) is 5.83. The lowest BCUT2D eigenvalue weighted by Gasteiger charge is -2.35. The van der Waals surface area contributed by atoms with E-state index < -0.39 is 0 Å². The van der Waals surface area contributed by atoms with E-state index in [0.717, 1.165) is 11.4 Å². The molecular weight excluding hydrogens is 390 g/mol. The van der Waals surface area contributed by atoms with Gasteiger partial charge in [0, 0.05) is 37.8 Å². The van der Waals surface area contributed by atoms with Crippen LogP contribution in [0.15, 0.2) is 60.9 Å². The molecular formula is C22H20F2N4O2. The molecule has 4 rings (SSSR count). The molecule has 0 unspecified atom stereocenters. The third-order valence-electron chi connectivity index (χ3n) is 4.92. The summed E-state index contributed by atoms with van der Waals surface area (Å²) in [6, 6.07) is 13.6. The van der Waals surface area contributed by atoms with Gasteiger partial charge in [0.15, 0.2) is 6.61 Å². The van der Waals surface area contributed by atoms with E-state index in [-0.39, 0.29) is 24.1 Å². The maximum absolute atomic E-state index is 13.1. The van der Waals surface area contributed by atoms with Crippen molar-refractivity contribution in [3.8, 4) is 17.0 Å². The minimum atomic E-state index is -0.350. The van der Waals surface area contributed by atoms with Gasteiger partial charge in [-0.25, -0.2) is 18.7 Å². The number of rotatable bonds is 5. The van der Waals surface area contributed by atoms with Crippen LogP contribution in [-0.2, 0) is 4.79 Å². The highest BCUT2D eigenvalue weighted by atomic mass is 19.1. The lowest BCUT2D eigenvalue weighted by atomic mass is 10.1. The highest BCUT2D eigenvalue weighted by Crippen LogP contribution is 2.22. The Balaban J connectivity index is 1.33. The lowest BCUT2D eigenvalue weighted by Crippen LogP contribution is -2.50. The van der Waals surface area contributed by atoms with Gasteiger partial charge in [-0.05, 0) is 48.5 Å². The van der Waals surface area contributed by atoms with Crippen LogP contribution in [-0.4, -0.2) is 53.6 Å². The number of carbonyl (C=O) groups is 1. The molecule has 2 aromatic carbocycles. The number of carbonyl (C=O) groups excluding carboxylic acids is 1. The summed E-state index contributed by atoms with van der Waals surface area (Å²) in [6.45, 7) is 2.25. The van der Waals surface area contributed by atoms with Crippen molar-refractivity contribution < 1.29 is 18.3 Å². The molecule has 3 aromatic rings. The average Bonchev–Trinajstić information content (AvgIpc) is 2.79. The summed E-state index contributed by atoms with van der Waals surface area (Å²) in [4.78, 5) is 24.8. The Hall–Kier alpha value is -3.55. The van der Waals surface area contributed by atoms with Gasteiger partial charge >= 0.3 is 0 Å². The van der Waals surface area contributed by atoms with Crippen LogP contribution >= 0.6 is 0 Å². The number of aromatic nitrogens is 2. The van der Waals surface area contributed by atoms with Gasteiger partial charge in [-0.1, -0.05) is 0 Å². The fourth-order valence-electron chi connectivity index (χ4n) is 3.25. The molecule has 1 fully saturated rings. The second-order valence-electron chi connectivity index (χ2n) is 6.88. The standard InChI is InChI=1S/C22H20F2N4O2/c23-17-3-1-16(2-4-17)20-13-21(26-15-25-20)27-9-11-28(12-10-27)22(29)14-30-19-7-5-18(24)6-8-19/h1-8,13,15H,9-12,14H2. The third-order valence-corrected chi connectivity index (χ3v) is 4.92. The number of halogens is 2. The van der Waals surface area contributed by atoms with Gasteiger partial charge in [0.2, 0.25) is 0 Å². The first-order chi connectivity index (χ1) is 14.6. The number of hydrogen-bond acceptors (Lipinski definition) is 5.